The molecule has 1 fully saturated rings. The summed E-state index contributed by atoms with van der Waals surface area (Å²) in [6, 6.07) is 15.7. The number of carbonyl (C=O) groups excluding carboxylic acids is 1. The van der Waals surface area contributed by atoms with E-state index < -0.39 is 0 Å². The Morgan fingerprint density at radius 1 is 1.18 bits per heavy atom. The molecule has 4 aromatic rings. The van der Waals surface area contributed by atoms with E-state index >= 15 is 0 Å². The van der Waals surface area contributed by atoms with E-state index in [2.05, 4.69) is 20.4 Å². The standard InChI is InChI=1S/C24H22ClN5O4/c25-17-7-4-8-18(20(17)22(33)26-13-24(14-31)9-10-24)34-12-16-11-19(32)30-23(27-16)28-21(29-30)15-5-2-1-3-6-15/h1-8,11,31H,9-10,12-14H2,(H,26,33)(H,27,28,29). The Bertz CT molecular complexity index is 1410. The molecule has 1 saturated carbocycles. The second-order valence-electron chi connectivity index (χ2n) is 8.40. The Morgan fingerprint density at radius 3 is 2.71 bits per heavy atom. The summed E-state index contributed by atoms with van der Waals surface area (Å²) in [5, 5.41) is 15.5. The number of ether oxygens (including phenoxy) is 1. The monoisotopic (exact) mass is 479 g/mol. The minimum Gasteiger partial charge on any atom is -0.486 e. The molecule has 0 spiro atoms. The summed E-state index contributed by atoms with van der Waals surface area (Å²) in [6.07, 6.45) is 1.75. The molecule has 9 nitrogen and oxygen atoms in total. The highest BCUT2D eigenvalue weighted by atomic mass is 35.5. The lowest BCUT2D eigenvalue weighted by molar-refractivity contribution is 0.0930. The predicted octanol–water partition coefficient (Wildman–Crippen LogP) is 2.82. The quantitative estimate of drug-likeness (QED) is 0.357. The number of nitrogens with one attached hydrogen (secondary N) is 2. The van der Waals surface area contributed by atoms with Gasteiger partial charge in [0.1, 0.15) is 12.4 Å². The van der Waals surface area contributed by atoms with Gasteiger partial charge in [0.2, 0.25) is 0 Å². The van der Waals surface area contributed by atoms with Crippen LogP contribution in [0.15, 0.2) is 59.4 Å². The van der Waals surface area contributed by atoms with E-state index in [1.165, 1.54) is 10.6 Å². The fourth-order valence-corrected chi connectivity index (χ4v) is 3.90. The molecular weight excluding hydrogens is 458 g/mol. The van der Waals surface area contributed by atoms with Gasteiger partial charge in [-0.05, 0) is 25.0 Å². The van der Waals surface area contributed by atoms with Crippen molar-refractivity contribution in [1.29, 1.82) is 0 Å². The van der Waals surface area contributed by atoms with Crippen LogP contribution in [0.2, 0.25) is 5.02 Å². The second-order valence-corrected chi connectivity index (χ2v) is 8.81. The van der Waals surface area contributed by atoms with Crippen LogP contribution < -0.4 is 15.6 Å². The van der Waals surface area contributed by atoms with Gasteiger partial charge >= 0.3 is 0 Å². The van der Waals surface area contributed by atoms with E-state index in [-0.39, 0.29) is 52.2 Å². The van der Waals surface area contributed by atoms with Crippen LogP contribution in [0.5, 0.6) is 5.75 Å². The molecule has 2 aromatic carbocycles. The van der Waals surface area contributed by atoms with E-state index in [4.69, 9.17) is 16.3 Å². The highest BCUT2D eigenvalue weighted by Gasteiger charge is 2.42. The molecule has 10 heteroatoms. The molecular formula is C24H22ClN5O4. The number of halogens is 1. The summed E-state index contributed by atoms with van der Waals surface area (Å²) in [4.78, 5) is 34.2. The van der Waals surface area contributed by atoms with Crippen molar-refractivity contribution in [3.63, 3.8) is 0 Å². The highest BCUT2D eigenvalue weighted by Crippen LogP contribution is 2.44. The number of aromatic nitrogens is 4. The molecule has 174 valence electrons. The van der Waals surface area contributed by atoms with Crippen molar-refractivity contribution >= 4 is 23.3 Å². The fraction of sp³-hybridized carbons (Fsp3) is 0.250. The Hall–Kier alpha value is -3.69. The summed E-state index contributed by atoms with van der Waals surface area (Å²) in [5.74, 6) is 0.623. The largest absolute Gasteiger partial charge is 0.486 e. The molecule has 1 aliphatic rings. The predicted molar refractivity (Wildman–Crippen MR) is 126 cm³/mol. The first-order valence-electron chi connectivity index (χ1n) is 10.8. The smallest absolute Gasteiger partial charge is 0.274 e. The van der Waals surface area contributed by atoms with Crippen molar-refractivity contribution in [2.24, 2.45) is 5.41 Å². The van der Waals surface area contributed by atoms with Gasteiger partial charge in [0, 0.05) is 23.6 Å². The third kappa shape index (κ3) is 4.40. The van der Waals surface area contributed by atoms with Gasteiger partial charge in [0.15, 0.2) is 5.82 Å². The van der Waals surface area contributed by atoms with Crippen LogP contribution in [0.1, 0.15) is 28.9 Å². The number of H-pyrrole nitrogens is 1. The Morgan fingerprint density at radius 2 is 1.97 bits per heavy atom. The average Bonchev–Trinajstić information content (AvgIpc) is 3.51. The van der Waals surface area contributed by atoms with E-state index in [1.54, 1.807) is 18.2 Å². The topological polar surface area (TPSA) is 122 Å². The van der Waals surface area contributed by atoms with Crippen molar-refractivity contribution in [2.45, 2.75) is 19.4 Å². The number of hydrogen-bond acceptors (Lipinski definition) is 6. The molecule has 0 aliphatic heterocycles. The zero-order valence-electron chi connectivity index (χ0n) is 18.1. The number of nitrogens with zero attached hydrogens (tertiary/aromatic N) is 3. The molecule has 0 unspecified atom stereocenters. The van der Waals surface area contributed by atoms with Crippen molar-refractivity contribution in [3.8, 4) is 17.1 Å². The maximum absolute atomic E-state index is 12.8. The number of hydrogen-bond donors (Lipinski definition) is 3. The van der Waals surface area contributed by atoms with Crippen LogP contribution in [0.25, 0.3) is 17.2 Å². The van der Waals surface area contributed by atoms with E-state index in [1.807, 2.05) is 30.3 Å². The van der Waals surface area contributed by atoms with Gasteiger partial charge in [0.25, 0.3) is 17.2 Å². The number of amides is 1. The molecule has 5 rings (SSSR count). The summed E-state index contributed by atoms with van der Waals surface area (Å²) in [7, 11) is 0. The first-order chi connectivity index (χ1) is 16.5. The number of rotatable bonds is 8. The Balaban J connectivity index is 1.36. The Kier molecular flexibility index (Phi) is 5.80. The Labute approximate surface area is 199 Å². The number of fused-ring (bicyclic) bond motifs is 1. The van der Waals surface area contributed by atoms with Crippen molar-refractivity contribution in [2.75, 3.05) is 13.2 Å². The number of aliphatic hydroxyl groups excluding tert-OH is 1. The molecule has 2 heterocycles. The SMILES string of the molecule is O=C(NCC1(CO)CC1)c1c(Cl)cccc1OCc1cc(=O)n2[nH]c(-c3ccccc3)nc2n1. The van der Waals surface area contributed by atoms with Gasteiger partial charge < -0.3 is 15.2 Å². The summed E-state index contributed by atoms with van der Waals surface area (Å²) in [5.41, 5.74) is 0.818. The van der Waals surface area contributed by atoms with Crippen LogP contribution in [0, 0.1) is 5.41 Å². The summed E-state index contributed by atoms with van der Waals surface area (Å²) in [6.45, 7) is 0.341. The zero-order valence-corrected chi connectivity index (χ0v) is 18.9. The molecule has 1 aliphatic carbocycles. The summed E-state index contributed by atoms with van der Waals surface area (Å²) < 4.78 is 7.11. The first kappa shape index (κ1) is 22.1. The van der Waals surface area contributed by atoms with Crippen LogP contribution in [-0.4, -0.2) is 43.7 Å². The van der Waals surface area contributed by atoms with Gasteiger partial charge in [-0.2, -0.15) is 9.50 Å². The fourth-order valence-electron chi connectivity index (χ4n) is 3.65. The minimum absolute atomic E-state index is 0.0298. The van der Waals surface area contributed by atoms with Crippen LogP contribution in [0.4, 0.5) is 0 Å². The van der Waals surface area contributed by atoms with E-state index in [0.29, 0.717) is 18.1 Å². The maximum Gasteiger partial charge on any atom is 0.274 e. The third-order valence-corrected chi connectivity index (χ3v) is 6.24. The number of carbonyl (C=O) groups is 1. The normalized spacial score (nSPS) is 14.2. The second kappa shape index (κ2) is 8.92. The van der Waals surface area contributed by atoms with Gasteiger partial charge in [-0.25, -0.2) is 4.98 Å². The molecule has 2 aromatic heterocycles. The molecule has 0 bridgehead atoms. The molecule has 34 heavy (non-hydrogen) atoms. The van der Waals surface area contributed by atoms with Crippen LogP contribution in [-0.2, 0) is 6.61 Å². The lowest BCUT2D eigenvalue weighted by Gasteiger charge is -2.16. The molecule has 0 radical (unpaired) electrons. The van der Waals surface area contributed by atoms with Gasteiger partial charge in [0.05, 0.1) is 22.9 Å². The maximum atomic E-state index is 12.8. The molecule has 0 saturated heterocycles. The third-order valence-electron chi connectivity index (χ3n) is 5.93. The molecule has 3 N–H and O–H groups in total. The average molecular weight is 480 g/mol. The van der Waals surface area contributed by atoms with Gasteiger partial charge in [-0.15, -0.1) is 0 Å². The minimum atomic E-state index is -0.386. The van der Waals surface area contributed by atoms with Gasteiger partial charge in [-0.1, -0.05) is 48.0 Å². The van der Waals surface area contributed by atoms with Crippen molar-refractivity contribution in [1.82, 2.24) is 24.9 Å². The first-order valence-corrected chi connectivity index (χ1v) is 11.2. The lowest BCUT2D eigenvalue weighted by atomic mass is 10.1. The van der Waals surface area contributed by atoms with Gasteiger partial charge in [-0.3, -0.25) is 14.7 Å². The zero-order chi connectivity index (χ0) is 23.7. The number of benzene rings is 2. The summed E-state index contributed by atoms with van der Waals surface area (Å²) >= 11 is 6.30. The van der Waals surface area contributed by atoms with Crippen molar-refractivity contribution in [3.05, 3.63) is 81.2 Å². The highest BCUT2D eigenvalue weighted by molar-refractivity contribution is 6.34. The van der Waals surface area contributed by atoms with Crippen LogP contribution >= 0.6 is 11.6 Å². The number of aliphatic hydroxyl groups is 1. The lowest BCUT2D eigenvalue weighted by Crippen LogP contribution is -2.32. The van der Waals surface area contributed by atoms with E-state index in [0.717, 1.165) is 18.4 Å². The van der Waals surface area contributed by atoms with E-state index in [9.17, 15) is 14.7 Å². The molecule has 1 amide bonds. The van der Waals surface area contributed by atoms with Crippen molar-refractivity contribution < 1.29 is 14.6 Å². The van der Waals surface area contributed by atoms with Crippen LogP contribution in [0.3, 0.4) is 0 Å². The molecule has 0 atom stereocenters. The number of aromatic amines is 1.